The molecule has 2 fully saturated rings. The first-order valence-corrected chi connectivity index (χ1v) is 12.2. The number of hydrogen-bond donors (Lipinski definition) is 2. The van der Waals surface area contributed by atoms with Gasteiger partial charge in [0.2, 0.25) is 10.0 Å². The van der Waals surface area contributed by atoms with Crippen LogP contribution in [-0.4, -0.2) is 38.9 Å². The monoisotopic (exact) mass is 427 g/mol. The van der Waals surface area contributed by atoms with Crippen molar-refractivity contribution in [3.8, 4) is 0 Å². The minimum absolute atomic E-state index is 0.120. The zero-order chi connectivity index (χ0) is 21.0. The lowest BCUT2D eigenvalue weighted by Gasteiger charge is -2.26. The summed E-state index contributed by atoms with van der Waals surface area (Å²) in [6.07, 6.45) is 5.93. The minimum atomic E-state index is -3.60. The van der Waals surface area contributed by atoms with E-state index in [9.17, 15) is 13.2 Å². The zero-order valence-corrected chi connectivity index (χ0v) is 18.0. The van der Waals surface area contributed by atoms with Gasteiger partial charge in [-0.2, -0.15) is 0 Å². The first kappa shape index (κ1) is 21.0. The maximum atomic E-state index is 12.7. The molecule has 1 aliphatic heterocycles. The summed E-state index contributed by atoms with van der Waals surface area (Å²) in [6.45, 7) is 3.58. The Morgan fingerprint density at radius 1 is 1.00 bits per heavy atom. The number of anilines is 1. The molecule has 30 heavy (non-hydrogen) atoms. The standard InChI is InChI=1S/C23H29N3O3S/c27-23(20-7-5-9-22(15-20)30(28,29)24-16-18-10-11-18)25-21-8-4-6-19(14-21)17-26-12-2-1-3-13-26/h4-9,14-15,18,24H,1-3,10-13,16-17H2,(H,25,27). The van der Waals surface area contributed by atoms with E-state index in [1.807, 2.05) is 18.2 Å². The van der Waals surface area contributed by atoms with E-state index in [1.54, 1.807) is 12.1 Å². The number of likely N-dealkylation sites (tertiary alicyclic amines) is 1. The van der Waals surface area contributed by atoms with E-state index in [1.165, 1.54) is 31.4 Å². The van der Waals surface area contributed by atoms with Crippen LogP contribution in [0, 0.1) is 5.92 Å². The van der Waals surface area contributed by atoms with Gasteiger partial charge >= 0.3 is 0 Å². The highest BCUT2D eigenvalue weighted by Gasteiger charge is 2.24. The highest BCUT2D eigenvalue weighted by molar-refractivity contribution is 7.89. The topological polar surface area (TPSA) is 78.5 Å². The van der Waals surface area contributed by atoms with Gasteiger partial charge in [-0.1, -0.05) is 24.6 Å². The molecule has 4 rings (SSSR count). The van der Waals surface area contributed by atoms with Crippen molar-refractivity contribution < 1.29 is 13.2 Å². The van der Waals surface area contributed by atoms with E-state index < -0.39 is 10.0 Å². The number of nitrogens with one attached hydrogen (secondary N) is 2. The summed E-state index contributed by atoms with van der Waals surface area (Å²) in [5.74, 6) is 0.132. The SMILES string of the molecule is O=C(Nc1cccc(CN2CCCCC2)c1)c1cccc(S(=O)(=O)NCC2CC2)c1. The molecule has 2 aromatic rings. The number of carbonyl (C=O) groups is 1. The number of carbonyl (C=O) groups excluding carboxylic acids is 1. The molecular formula is C23H29N3O3S. The van der Waals surface area contributed by atoms with Crippen molar-refractivity contribution in [3.63, 3.8) is 0 Å². The number of piperidine rings is 1. The molecule has 1 saturated carbocycles. The van der Waals surface area contributed by atoms with Gasteiger partial charge in [0.05, 0.1) is 4.90 Å². The van der Waals surface area contributed by atoms with Crippen LogP contribution < -0.4 is 10.0 Å². The number of amides is 1. The molecule has 1 amide bonds. The van der Waals surface area contributed by atoms with Crippen LogP contribution in [0.4, 0.5) is 5.69 Å². The first-order chi connectivity index (χ1) is 14.5. The third-order valence-electron chi connectivity index (χ3n) is 5.71. The molecule has 0 bridgehead atoms. The fourth-order valence-corrected chi connectivity index (χ4v) is 4.93. The van der Waals surface area contributed by atoms with Crippen molar-refractivity contribution in [2.24, 2.45) is 5.92 Å². The van der Waals surface area contributed by atoms with Crippen LogP contribution in [0.5, 0.6) is 0 Å². The Bertz CT molecular complexity index is 996. The van der Waals surface area contributed by atoms with E-state index >= 15 is 0 Å². The van der Waals surface area contributed by atoms with Gasteiger partial charge in [-0.25, -0.2) is 13.1 Å². The number of nitrogens with zero attached hydrogens (tertiary/aromatic N) is 1. The average Bonchev–Trinajstić information content (AvgIpc) is 3.58. The summed E-state index contributed by atoms with van der Waals surface area (Å²) in [4.78, 5) is 15.3. The molecule has 1 saturated heterocycles. The Hall–Kier alpha value is -2.22. The first-order valence-electron chi connectivity index (χ1n) is 10.7. The van der Waals surface area contributed by atoms with Crippen LogP contribution in [0.2, 0.25) is 0 Å². The Morgan fingerprint density at radius 2 is 1.77 bits per heavy atom. The lowest BCUT2D eigenvalue weighted by Crippen LogP contribution is -2.29. The third kappa shape index (κ3) is 5.68. The highest BCUT2D eigenvalue weighted by Crippen LogP contribution is 2.28. The molecule has 6 nitrogen and oxygen atoms in total. The van der Waals surface area contributed by atoms with Crippen molar-refractivity contribution in [2.45, 2.75) is 43.5 Å². The van der Waals surface area contributed by atoms with E-state index in [4.69, 9.17) is 0 Å². The number of hydrogen-bond acceptors (Lipinski definition) is 4. The molecule has 2 aromatic carbocycles. The second-order valence-electron chi connectivity index (χ2n) is 8.31. The van der Waals surface area contributed by atoms with Gasteiger partial charge in [-0.15, -0.1) is 0 Å². The summed E-state index contributed by atoms with van der Waals surface area (Å²) in [7, 11) is -3.60. The molecule has 1 aliphatic carbocycles. The maximum absolute atomic E-state index is 12.7. The maximum Gasteiger partial charge on any atom is 0.255 e. The molecule has 0 unspecified atom stereocenters. The fourth-order valence-electron chi connectivity index (χ4n) is 3.76. The second kappa shape index (κ2) is 9.29. The van der Waals surface area contributed by atoms with Gasteiger partial charge in [0.25, 0.3) is 5.91 Å². The Labute approximate surface area is 178 Å². The second-order valence-corrected chi connectivity index (χ2v) is 10.1. The minimum Gasteiger partial charge on any atom is -0.322 e. The quantitative estimate of drug-likeness (QED) is 0.675. The smallest absolute Gasteiger partial charge is 0.255 e. The molecular weight excluding hydrogens is 398 g/mol. The zero-order valence-electron chi connectivity index (χ0n) is 17.1. The van der Waals surface area contributed by atoms with Crippen molar-refractivity contribution in [1.82, 2.24) is 9.62 Å². The van der Waals surface area contributed by atoms with E-state index in [0.29, 0.717) is 18.0 Å². The van der Waals surface area contributed by atoms with Crippen LogP contribution in [-0.2, 0) is 16.6 Å². The van der Waals surface area contributed by atoms with Gasteiger partial charge in [-0.05, 0) is 80.6 Å². The molecule has 0 spiro atoms. The average molecular weight is 428 g/mol. The number of rotatable bonds is 8. The van der Waals surface area contributed by atoms with Crippen LogP contribution in [0.25, 0.3) is 0 Å². The summed E-state index contributed by atoms with van der Waals surface area (Å²) in [5.41, 5.74) is 2.20. The van der Waals surface area contributed by atoms with E-state index in [-0.39, 0.29) is 10.8 Å². The molecule has 160 valence electrons. The van der Waals surface area contributed by atoms with Gasteiger partial charge in [0.1, 0.15) is 0 Å². The predicted molar refractivity (Wildman–Crippen MR) is 118 cm³/mol. The van der Waals surface area contributed by atoms with Crippen molar-refractivity contribution >= 4 is 21.6 Å². The van der Waals surface area contributed by atoms with E-state index in [2.05, 4.69) is 21.0 Å². The lowest BCUT2D eigenvalue weighted by atomic mass is 10.1. The lowest BCUT2D eigenvalue weighted by molar-refractivity contribution is 0.102. The van der Waals surface area contributed by atoms with E-state index in [0.717, 1.165) is 43.7 Å². The summed E-state index contributed by atoms with van der Waals surface area (Å²) in [5, 5.41) is 2.90. The number of benzene rings is 2. The predicted octanol–water partition coefficient (Wildman–Crippen LogP) is 3.61. The summed E-state index contributed by atoms with van der Waals surface area (Å²) >= 11 is 0. The molecule has 2 aliphatic rings. The number of sulfonamides is 1. The molecule has 1 heterocycles. The van der Waals surface area contributed by atoms with Crippen LogP contribution in [0.3, 0.4) is 0 Å². The Balaban J connectivity index is 1.41. The van der Waals surface area contributed by atoms with Crippen LogP contribution in [0.1, 0.15) is 48.0 Å². The Kier molecular flexibility index (Phi) is 6.51. The Morgan fingerprint density at radius 3 is 2.53 bits per heavy atom. The van der Waals surface area contributed by atoms with Crippen LogP contribution >= 0.6 is 0 Å². The molecule has 0 radical (unpaired) electrons. The largest absolute Gasteiger partial charge is 0.322 e. The van der Waals surface area contributed by atoms with Crippen molar-refractivity contribution in [3.05, 3.63) is 59.7 Å². The van der Waals surface area contributed by atoms with Gasteiger partial charge < -0.3 is 5.32 Å². The van der Waals surface area contributed by atoms with Gasteiger partial charge in [-0.3, -0.25) is 9.69 Å². The van der Waals surface area contributed by atoms with Crippen molar-refractivity contribution in [1.29, 1.82) is 0 Å². The summed E-state index contributed by atoms with van der Waals surface area (Å²) in [6, 6.07) is 14.0. The normalized spacial score (nSPS) is 17.6. The molecule has 0 aromatic heterocycles. The van der Waals surface area contributed by atoms with Gasteiger partial charge in [0, 0.05) is 24.3 Å². The molecule has 0 atom stereocenters. The summed E-state index contributed by atoms with van der Waals surface area (Å²) < 4.78 is 27.6. The molecule has 2 N–H and O–H groups in total. The highest BCUT2D eigenvalue weighted by atomic mass is 32.2. The van der Waals surface area contributed by atoms with Gasteiger partial charge in [0.15, 0.2) is 0 Å². The van der Waals surface area contributed by atoms with Crippen molar-refractivity contribution in [2.75, 3.05) is 25.0 Å². The third-order valence-corrected chi connectivity index (χ3v) is 7.13. The van der Waals surface area contributed by atoms with Crippen LogP contribution in [0.15, 0.2) is 53.4 Å². The molecule has 7 heteroatoms. The fraction of sp³-hybridized carbons (Fsp3) is 0.435.